The van der Waals surface area contributed by atoms with Gasteiger partial charge < -0.3 is 15.1 Å². The highest BCUT2D eigenvalue weighted by Crippen LogP contribution is 2.67. The third-order valence-electron chi connectivity index (χ3n) is 12.1. The van der Waals surface area contributed by atoms with Crippen LogP contribution < -0.4 is 4.90 Å². The van der Waals surface area contributed by atoms with E-state index in [0.717, 1.165) is 50.6 Å². The van der Waals surface area contributed by atoms with Gasteiger partial charge in [-0.25, -0.2) is 4.39 Å². The second-order valence-corrected chi connectivity index (χ2v) is 13.4. The van der Waals surface area contributed by atoms with Crippen LogP contribution in [0, 0.1) is 46.2 Å². The van der Waals surface area contributed by atoms with Crippen LogP contribution in [0.25, 0.3) is 0 Å². The molecular weight excluding hydrogens is 453 g/mol. The minimum Gasteiger partial charge on any atom is -0.393 e. The number of benzene rings is 1. The molecule has 4 aliphatic carbocycles. The van der Waals surface area contributed by atoms with Crippen molar-refractivity contribution in [2.45, 2.75) is 103 Å². The lowest BCUT2D eigenvalue weighted by molar-refractivity contribution is -0.171. The van der Waals surface area contributed by atoms with Gasteiger partial charge in [-0.3, -0.25) is 4.79 Å². The van der Waals surface area contributed by atoms with E-state index in [2.05, 4.69) is 13.8 Å². The van der Waals surface area contributed by atoms with Crippen molar-refractivity contribution >= 4 is 11.6 Å². The van der Waals surface area contributed by atoms with E-state index in [9.17, 15) is 19.4 Å². The number of hydrogen-bond donors (Lipinski definition) is 2. The molecule has 6 rings (SSSR count). The van der Waals surface area contributed by atoms with E-state index >= 15 is 0 Å². The molecule has 198 valence electrons. The highest BCUT2D eigenvalue weighted by molar-refractivity contribution is 5.95. The summed E-state index contributed by atoms with van der Waals surface area (Å²) in [5.74, 6) is 2.81. The SMILES string of the molecule is C[C@]12CC[C@@H](O)C[C@H]1CC[C@@H]1[C@@H]2C[C@H](O)[C@]2(C)[C@@H](CCCC(=O)N3CCc4c(F)cccc43)CC[C@@H]12. The number of amides is 1. The second-order valence-electron chi connectivity index (χ2n) is 13.4. The molecular formula is C31H44FNO3. The normalized spacial score (nSPS) is 43.5. The van der Waals surface area contributed by atoms with Crippen LogP contribution in [0.4, 0.5) is 10.1 Å². The summed E-state index contributed by atoms with van der Waals surface area (Å²) in [4.78, 5) is 14.8. The molecule has 4 fully saturated rings. The van der Waals surface area contributed by atoms with E-state index in [1.807, 2.05) is 6.07 Å². The maximum Gasteiger partial charge on any atom is 0.226 e. The minimum atomic E-state index is -0.275. The number of carbonyl (C=O) groups is 1. The van der Waals surface area contributed by atoms with Crippen molar-refractivity contribution in [2.75, 3.05) is 11.4 Å². The highest BCUT2D eigenvalue weighted by atomic mass is 19.1. The Hall–Kier alpha value is -1.46. The van der Waals surface area contributed by atoms with E-state index in [1.54, 1.807) is 11.0 Å². The molecule has 4 saturated carbocycles. The second kappa shape index (κ2) is 9.08. The minimum absolute atomic E-state index is 0.0506. The zero-order valence-corrected chi connectivity index (χ0v) is 22.1. The van der Waals surface area contributed by atoms with Crippen molar-refractivity contribution in [3.05, 3.63) is 29.6 Å². The quantitative estimate of drug-likeness (QED) is 0.546. The van der Waals surface area contributed by atoms with Crippen LogP contribution in [-0.4, -0.2) is 34.9 Å². The van der Waals surface area contributed by atoms with Gasteiger partial charge in [0.2, 0.25) is 5.91 Å². The Kier molecular flexibility index (Phi) is 6.27. The molecule has 1 aromatic carbocycles. The topological polar surface area (TPSA) is 60.8 Å². The maximum atomic E-state index is 14.1. The number of anilines is 1. The van der Waals surface area contributed by atoms with Gasteiger partial charge in [0, 0.05) is 24.2 Å². The van der Waals surface area contributed by atoms with Crippen LogP contribution in [0.15, 0.2) is 18.2 Å². The first-order valence-electron chi connectivity index (χ1n) is 14.7. The summed E-state index contributed by atoms with van der Waals surface area (Å²) in [5.41, 5.74) is 1.64. The largest absolute Gasteiger partial charge is 0.393 e. The standard InChI is InChI=1S/C31H44FNO3/c1-30-15-13-21(34)17-20(30)9-11-22-24-12-10-19(31(24,2)28(35)18-25(22)30)5-3-8-29(36)33-16-14-23-26(32)6-4-7-27(23)33/h4,6-7,19-22,24-25,28,34-35H,3,5,8-18H2,1-2H3/t19-,20+,21+,22-,24-,25-,28-,30-,31+/m0/s1. The van der Waals surface area contributed by atoms with E-state index in [4.69, 9.17) is 0 Å². The van der Waals surface area contributed by atoms with Crippen molar-refractivity contribution in [3.8, 4) is 0 Å². The van der Waals surface area contributed by atoms with Gasteiger partial charge in [0.05, 0.1) is 12.2 Å². The van der Waals surface area contributed by atoms with Crippen LogP contribution in [0.2, 0.25) is 0 Å². The van der Waals surface area contributed by atoms with Crippen molar-refractivity contribution in [1.29, 1.82) is 0 Å². The average molecular weight is 498 g/mol. The lowest BCUT2D eigenvalue weighted by Gasteiger charge is -2.62. The zero-order valence-electron chi connectivity index (χ0n) is 22.1. The van der Waals surface area contributed by atoms with Crippen molar-refractivity contribution in [1.82, 2.24) is 0 Å². The van der Waals surface area contributed by atoms with Crippen molar-refractivity contribution in [3.63, 3.8) is 0 Å². The molecule has 5 heteroatoms. The number of halogens is 1. The number of carbonyl (C=O) groups excluding carboxylic acids is 1. The van der Waals surface area contributed by atoms with Gasteiger partial charge in [-0.1, -0.05) is 19.9 Å². The summed E-state index contributed by atoms with van der Waals surface area (Å²) < 4.78 is 14.1. The molecule has 0 radical (unpaired) electrons. The van der Waals surface area contributed by atoms with Crippen LogP contribution >= 0.6 is 0 Å². The lowest BCUT2D eigenvalue weighted by atomic mass is 9.44. The van der Waals surface area contributed by atoms with Gasteiger partial charge >= 0.3 is 0 Å². The Morgan fingerprint density at radius 3 is 2.75 bits per heavy atom. The summed E-state index contributed by atoms with van der Waals surface area (Å²) in [6.07, 6.45) is 11.2. The number of rotatable bonds is 4. The summed E-state index contributed by atoms with van der Waals surface area (Å²) in [5, 5.41) is 22.0. The molecule has 4 nitrogen and oxygen atoms in total. The van der Waals surface area contributed by atoms with Gasteiger partial charge in [0.15, 0.2) is 0 Å². The number of nitrogens with zero attached hydrogens (tertiary/aromatic N) is 1. The van der Waals surface area contributed by atoms with Crippen LogP contribution in [0.1, 0.15) is 90.0 Å². The number of aliphatic hydroxyl groups excluding tert-OH is 2. The van der Waals surface area contributed by atoms with E-state index in [0.29, 0.717) is 54.5 Å². The molecule has 36 heavy (non-hydrogen) atoms. The van der Waals surface area contributed by atoms with Crippen LogP contribution in [0.5, 0.6) is 0 Å². The molecule has 1 aliphatic heterocycles. The fourth-order valence-corrected chi connectivity index (χ4v) is 10.1. The first-order valence-corrected chi connectivity index (χ1v) is 14.7. The lowest BCUT2D eigenvalue weighted by Crippen LogP contribution is -2.58. The summed E-state index contributed by atoms with van der Waals surface area (Å²) >= 11 is 0. The van der Waals surface area contributed by atoms with Crippen molar-refractivity contribution < 1.29 is 19.4 Å². The average Bonchev–Trinajstić information content (AvgIpc) is 3.44. The maximum absolute atomic E-state index is 14.1. The van der Waals surface area contributed by atoms with Gasteiger partial charge in [-0.15, -0.1) is 0 Å². The van der Waals surface area contributed by atoms with Gasteiger partial charge in [0.25, 0.3) is 0 Å². The first kappa shape index (κ1) is 24.9. The summed E-state index contributed by atoms with van der Waals surface area (Å²) in [7, 11) is 0. The first-order chi connectivity index (χ1) is 17.2. The molecule has 1 aromatic rings. The zero-order chi connectivity index (χ0) is 25.2. The van der Waals surface area contributed by atoms with E-state index < -0.39 is 0 Å². The molecule has 0 unspecified atom stereocenters. The molecule has 0 spiro atoms. The van der Waals surface area contributed by atoms with Gasteiger partial charge in [0.1, 0.15) is 5.82 Å². The van der Waals surface area contributed by atoms with Crippen LogP contribution in [-0.2, 0) is 11.2 Å². The van der Waals surface area contributed by atoms with E-state index in [-0.39, 0.29) is 34.8 Å². The Morgan fingerprint density at radius 2 is 1.92 bits per heavy atom. The Morgan fingerprint density at radius 1 is 1.08 bits per heavy atom. The molecule has 9 atom stereocenters. The van der Waals surface area contributed by atoms with Gasteiger partial charge in [-0.2, -0.15) is 0 Å². The Labute approximate surface area is 215 Å². The third-order valence-corrected chi connectivity index (χ3v) is 12.1. The number of fused-ring (bicyclic) bond motifs is 6. The molecule has 0 aromatic heterocycles. The summed E-state index contributed by atoms with van der Waals surface area (Å²) in [6, 6.07) is 5.04. The smallest absolute Gasteiger partial charge is 0.226 e. The van der Waals surface area contributed by atoms with Crippen LogP contribution in [0.3, 0.4) is 0 Å². The number of aliphatic hydroxyl groups is 2. The molecule has 0 bridgehead atoms. The van der Waals surface area contributed by atoms with E-state index in [1.165, 1.54) is 25.3 Å². The fourth-order valence-electron chi connectivity index (χ4n) is 10.1. The highest BCUT2D eigenvalue weighted by Gasteiger charge is 2.63. The van der Waals surface area contributed by atoms with Crippen molar-refractivity contribution in [2.24, 2.45) is 40.4 Å². The molecule has 1 amide bonds. The number of hydrogen-bond acceptors (Lipinski definition) is 3. The monoisotopic (exact) mass is 497 g/mol. The predicted octanol–water partition coefficient (Wildman–Crippen LogP) is 5.88. The third kappa shape index (κ3) is 3.70. The molecule has 5 aliphatic rings. The predicted molar refractivity (Wildman–Crippen MR) is 139 cm³/mol. The molecule has 1 heterocycles. The molecule has 2 N–H and O–H groups in total. The summed E-state index contributed by atoms with van der Waals surface area (Å²) in [6.45, 7) is 5.41. The molecule has 0 saturated heterocycles. The fraction of sp³-hybridized carbons (Fsp3) is 0.774. The Balaban J connectivity index is 1.11. The Bertz CT molecular complexity index is 1010. The van der Waals surface area contributed by atoms with Gasteiger partial charge in [-0.05, 0) is 123 Å².